The van der Waals surface area contributed by atoms with Gasteiger partial charge >= 0.3 is 0 Å². The number of hydrogen-bond acceptors (Lipinski definition) is 3. The van der Waals surface area contributed by atoms with Crippen molar-refractivity contribution in [3.63, 3.8) is 0 Å². The fourth-order valence-corrected chi connectivity index (χ4v) is 2.29. The number of para-hydroxylation sites is 1. The highest BCUT2D eigenvalue weighted by molar-refractivity contribution is 5.96. The Morgan fingerprint density at radius 1 is 1.40 bits per heavy atom. The minimum absolute atomic E-state index is 0.0766. The maximum atomic E-state index is 12.1. The molecule has 0 aromatic heterocycles. The maximum Gasteiger partial charge on any atom is 0.241 e. The quantitative estimate of drug-likeness (QED) is 0.769. The van der Waals surface area contributed by atoms with Gasteiger partial charge in [0.2, 0.25) is 11.8 Å². The normalized spacial score (nSPS) is 18.1. The van der Waals surface area contributed by atoms with Gasteiger partial charge in [0, 0.05) is 11.7 Å². The topological polar surface area (TPSA) is 70.2 Å². The van der Waals surface area contributed by atoms with E-state index in [1.165, 1.54) is 0 Å². The van der Waals surface area contributed by atoms with Gasteiger partial charge in [-0.2, -0.15) is 0 Å². The largest absolute Gasteiger partial charge is 0.353 e. The Balaban J connectivity index is 1.92. The van der Waals surface area contributed by atoms with E-state index in [4.69, 9.17) is 0 Å². The molecule has 0 fully saturated rings. The van der Waals surface area contributed by atoms with Gasteiger partial charge in [0.1, 0.15) is 0 Å². The van der Waals surface area contributed by atoms with E-state index in [9.17, 15) is 9.59 Å². The minimum atomic E-state index is -0.333. The number of fused-ring (bicyclic) bond motifs is 1. The highest BCUT2D eigenvalue weighted by atomic mass is 16.2. The molecule has 0 radical (unpaired) electrons. The van der Waals surface area contributed by atoms with E-state index in [0.717, 1.165) is 17.7 Å². The summed E-state index contributed by atoms with van der Waals surface area (Å²) < 4.78 is 0. The Hall–Kier alpha value is -1.88. The third kappa shape index (κ3) is 3.81. The lowest BCUT2D eigenvalue weighted by Crippen LogP contribution is -2.46. The van der Waals surface area contributed by atoms with Gasteiger partial charge in [-0.3, -0.25) is 14.9 Å². The highest BCUT2D eigenvalue weighted by Gasteiger charge is 2.23. The molecule has 20 heavy (non-hydrogen) atoms. The predicted molar refractivity (Wildman–Crippen MR) is 78.5 cm³/mol. The number of hydrogen-bond donors (Lipinski definition) is 3. The molecular formula is C15H21N3O2. The van der Waals surface area contributed by atoms with Gasteiger partial charge in [0.15, 0.2) is 0 Å². The van der Waals surface area contributed by atoms with Crippen molar-refractivity contribution in [2.75, 3.05) is 11.9 Å². The van der Waals surface area contributed by atoms with Crippen molar-refractivity contribution in [3.8, 4) is 0 Å². The van der Waals surface area contributed by atoms with Crippen LogP contribution in [0.15, 0.2) is 24.3 Å². The van der Waals surface area contributed by atoms with Crippen LogP contribution in [0.3, 0.4) is 0 Å². The minimum Gasteiger partial charge on any atom is -0.353 e. The molecule has 2 amide bonds. The molecule has 1 aromatic carbocycles. The molecule has 0 saturated carbocycles. The van der Waals surface area contributed by atoms with E-state index in [1.54, 1.807) is 0 Å². The van der Waals surface area contributed by atoms with Crippen molar-refractivity contribution in [2.45, 2.75) is 38.8 Å². The first-order valence-electron chi connectivity index (χ1n) is 6.98. The van der Waals surface area contributed by atoms with Crippen molar-refractivity contribution in [1.29, 1.82) is 0 Å². The summed E-state index contributed by atoms with van der Waals surface area (Å²) in [7, 11) is 0. The second-order valence-electron chi connectivity index (χ2n) is 5.34. The number of rotatable bonds is 4. The molecule has 1 unspecified atom stereocenters. The molecule has 1 aromatic rings. The lowest BCUT2D eigenvalue weighted by molar-refractivity contribution is -0.121. The van der Waals surface area contributed by atoms with Crippen molar-refractivity contribution < 1.29 is 9.59 Å². The summed E-state index contributed by atoms with van der Waals surface area (Å²) in [4.78, 5) is 23.7. The monoisotopic (exact) mass is 275 g/mol. The van der Waals surface area contributed by atoms with E-state index in [1.807, 2.05) is 38.1 Å². The van der Waals surface area contributed by atoms with Gasteiger partial charge < -0.3 is 10.6 Å². The first-order valence-corrected chi connectivity index (χ1v) is 6.98. The molecule has 0 aliphatic carbocycles. The molecule has 5 heteroatoms. The van der Waals surface area contributed by atoms with E-state index in [2.05, 4.69) is 16.0 Å². The smallest absolute Gasteiger partial charge is 0.241 e. The molecule has 0 spiro atoms. The van der Waals surface area contributed by atoms with E-state index in [0.29, 0.717) is 6.42 Å². The zero-order valence-corrected chi connectivity index (χ0v) is 11.9. The summed E-state index contributed by atoms with van der Waals surface area (Å²) in [6.07, 6.45) is 1.51. The van der Waals surface area contributed by atoms with Crippen LogP contribution in [0.2, 0.25) is 0 Å². The van der Waals surface area contributed by atoms with E-state index >= 15 is 0 Å². The molecular weight excluding hydrogens is 254 g/mol. The number of amides is 2. The van der Waals surface area contributed by atoms with Crippen molar-refractivity contribution in [1.82, 2.24) is 10.6 Å². The Morgan fingerprint density at radius 3 is 2.90 bits per heavy atom. The lowest BCUT2D eigenvalue weighted by atomic mass is 10.1. The van der Waals surface area contributed by atoms with Gasteiger partial charge in [-0.1, -0.05) is 18.2 Å². The number of benzene rings is 1. The van der Waals surface area contributed by atoms with Crippen LogP contribution in [0.5, 0.6) is 0 Å². The number of carbonyl (C=O) groups excluding carboxylic acids is 2. The highest BCUT2D eigenvalue weighted by Crippen LogP contribution is 2.21. The molecule has 0 saturated heterocycles. The van der Waals surface area contributed by atoms with Crippen LogP contribution >= 0.6 is 0 Å². The molecule has 108 valence electrons. The summed E-state index contributed by atoms with van der Waals surface area (Å²) in [6.45, 7) is 3.98. The van der Waals surface area contributed by atoms with Crippen LogP contribution in [-0.2, 0) is 16.0 Å². The second kappa shape index (κ2) is 6.52. The zero-order chi connectivity index (χ0) is 14.5. The predicted octanol–water partition coefficient (Wildman–Crippen LogP) is 1.05. The van der Waals surface area contributed by atoms with Crippen molar-refractivity contribution in [3.05, 3.63) is 29.8 Å². The van der Waals surface area contributed by atoms with Gasteiger partial charge in [-0.15, -0.1) is 0 Å². The average molecular weight is 275 g/mol. The first kappa shape index (κ1) is 14.5. The SMILES string of the molecule is CC(C)NC(=O)CNC1CCc2ccccc2NC1=O. The van der Waals surface area contributed by atoms with Gasteiger partial charge in [-0.25, -0.2) is 0 Å². The number of aryl methyl sites for hydroxylation is 1. The first-order chi connectivity index (χ1) is 9.56. The molecule has 1 atom stereocenters. The van der Waals surface area contributed by atoms with Gasteiger partial charge in [-0.05, 0) is 38.3 Å². The van der Waals surface area contributed by atoms with Crippen LogP contribution in [0.1, 0.15) is 25.8 Å². The molecule has 1 aliphatic heterocycles. The Kier molecular flexibility index (Phi) is 4.74. The number of anilines is 1. The summed E-state index contributed by atoms with van der Waals surface area (Å²) >= 11 is 0. The Labute approximate surface area is 119 Å². The third-order valence-corrected chi connectivity index (χ3v) is 3.25. The fourth-order valence-electron chi connectivity index (χ4n) is 2.29. The third-order valence-electron chi connectivity index (χ3n) is 3.25. The molecule has 1 aliphatic rings. The fraction of sp³-hybridized carbons (Fsp3) is 0.467. The summed E-state index contributed by atoms with van der Waals surface area (Å²) in [6, 6.07) is 7.57. The Morgan fingerprint density at radius 2 is 2.15 bits per heavy atom. The molecule has 3 N–H and O–H groups in total. The van der Waals surface area contributed by atoms with Crippen LogP contribution in [0.4, 0.5) is 5.69 Å². The van der Waals surface area contributed by atoms with Crippen LogP contribution in [-0.4, -0.2) is 30.4 Å². The Bertz CT molecular complexity index is 500. The van der Waals surface area contributed by atoms with Crippen LogP contribution < -0.4 is 16.0 Å². The van der Waals surface area contributed by atoms with Gasteiger partial charge in [0.05, 0.1) is 12.6 Å². The molecule has 1 heterocycles. The zero-order valence-electron chi connectivity index (χ0n) is 11.9. The summed E-state index contributed by atoms with van der Waals surface area (Å²) in [5.41, 5.74) is 2.00. The second-order valence-corrected chi connectivity index (χ2v) is 5.34. The number of nitrogens with one attached hydrogen (secondary N) is 3. The average Bonchev–Trinajstić information content (AvgIpc) is 2.54. The maximum absolute atomic E-state index is 12.1. The standard InChI is InChI=1S/C15H21N3O2/c1-10(2)17-14(19)9-16-13-8-7-11-5-3-4-6-12(11)18-15(13)20/h3-6,10,13,16H,7-9H2,1-2H3,(H,17,19)(H,18,20). The van der Waals surface area contributed by atoms with Crippen molar-refractivity contribution >= 4 is 17.5 Å². The molecule has 0 bridgehead atoms. The van der Waals surface area contributed by atoms with E-state index in [-0.39, 0.29) is 30.4 Å². The summed E-state index contributed by atoms with van der Waals surface area (Å²) in [5.74, 6) is -0.165. The molecule has 5 nitrogen and oxygen atoms in total. The number of carbonyl (C=O) groups is 2. The van der Waals surface area contributed by atoms with Crippen LogP contribution in [0.25, 0.3) is 0 Å². The van der Waals surface area contributed by atoms with Crippen LogP contribution in [0, 0.1) is 0 Å². The van der Waals surface area contributed by atoms with Gasteiger partial charge in [0.25, 0.3) is 0 Å². The lowest BCUT2D eigenvalue weighted by Gasteiger charge is -2.15. The summed E-state index contributed by atoms with van der Waals surface area (Å²) in [5, 5.41) is 8.73. The van der Waals surface area contributed by atoms with Crippen molar-refractivity contribution in [2.24, 2.45) is 0 Å². The molecule has 2 rings (SSSR count). The van der Waals surface area contributed by atoms with E-state index < -0.39 is 0 Å².